The summed E-state index contributed by atoms with van der Waals surface area (Å²) in [4.78, 5) is 32.1. The van der Waals surface area contributed by atoms with Crippen molar-refractivity contribution in [2.45, 2.75) is 19.3 Å². The number of amides is 1. The van der Waals surface area contributed by atoms with E-state index in [2.05, 4.69) is 36.1 Å². The quantitative estimate of drug-likeness (QED) is 0.274. The highest BCUT2D eigenvalue weighted by atomic mass is 127. The second kappa shape index (κ2) is 11.3. The smallest absolute Gasteiger partial charge is 0.227 e. The lowest BCUT2D eigenvalue weighted by atomic mass is 10.2. The molecule has 1 amide bonds. The molecule has 0 aliphatic carbocycles. The summed E-state index contributed by atoms with van der Waals surface area (Å²) in [5, 5.41) is 3.41. The third-order valence-corrected chi connectivity index (χ3v) is 5.66. The third kappa shape index (κ3) is 5.63. The standard InChI is InChI=1S/C22H29N7O.HI/c1-23-21(27-14-16-28(17-15-27)22-25-11-5-12-26-22)24-10-4-8-20(30)29-13-9-18-6-2-3-7-19(18)29;/h2-3,5-7,11-12H,4,8-10,13-17H2,1H3,(H,23,24);1H. The molecule has 1 aromatic heterocycles. The number of nitrogens with zero attached hydrogens (tertiary/aromatic N) is 6. The number of benzene rings is 1. The molecule has 2 aliphatic heterocycles. The molecule has 9 heteroatoms. The Bertz CT molecular complexity index is 884. The highest BCUT2D eigenvalue weighted by molar-refractivity contribution is 14.0. The minimum absolute atomic E-state index is 0. The maximum Gasteiger partial charge on any atom is 0.227 e. The first kappa shape index (κ1) is 23.2. The van der Waals surface area contributed by atoms with Gasteiger partial charge < -0.3 is 20.0 Å². The van der Waals surface area contributed by atoms with Gasteiger partial charge in [-0.25, -0.2) is 9.97 Å². The molecule has 1 saturated heterocycles. The van der Waals surface area contributed by atoms with Gasteiger partial charge in [-0.05, 0) is 30.5 Å². The lowest BCUT2D eigenvalue weighted by molar-refractivity contribution is -0.118. The van der Waals surface area contributed by atoms with E-state index in [-0.39, 0.29) is 29.9 Å². The largest absolute Gasteiger partial charge is 0.356 e. The van der Waals surface area contributed by atoms with Gasteiger partial charge in [-0.3, -0.25) is 9.79 Å². The summed E-state index contributed by atoms with van der Waals surface area (Å²) in [5.41, 5.74) is 2.34. The Morgan fingerprint density at radius 2 is 1.81 bits per heavy atom. The number of carbonyl (C=O) groups excluding carboxylic acids is 1. The van der Waals surface area contributed by atoms with Gasteiger partial charge in [0.05, 0.1) is 0 Å². The van der Waals surface area contributed by atoms with Crippen molar-refractivity contribution in [2.24, 2.45) is 4.99 Å². The lowest BCUT2D eigenvalue weighted by Gasteiger charge is -2.36. The van der Waals surface area contributed by atoms with Crippen LogP contribution >= 0.6 is 24.0 Å². The summed E-state index contributed by atoms with van der Waals surface area (Å²) < 4.78 is 0. The summed E-state index contributed by atoms with van der Waals surface area (Å²) in [6.07, 6.45) is 5.83. The minimum Gasteiger partial charge on any atom is -0.356 e. The molecule has 4 rings (SSSR count). The van der Waals surface area contributed by atoms with Gasteiger partial charge in [-0.1, -0.05) is 18.2 Å². The summed E-state index contributed by atoms with van der Waals surface area (Å²) in [5.74, 6) is 1.87. The van der Waals surface area contributed by atoms with Crippen LogP contribution in [0.3, 0.4) is 0 Å². The number of piperazine rings is 1. The zero-order valence-electron chi connectivity index (χ0n) is 17.9. The number of rotatable bonds is 5. The van der Waals surface area contributed by atoms with Crippen molar-refractivity contribution in [3.05, 3.63) is 48.3 Å². The highest BCUT2D eigenvalue weighted by Crippen LogP contribution is 2.27. The molecule has 0 spiro atoms. The fourth-order valence-corrected chi connectivity index (χ4v) is 4.08. The van der Waals surface area contributed by atoms with Crippen LogP contribution in [0.25, 0.3) is 0 Å². The summed E-state index contributed by atoms with van der Waals surface area (Å²) in [7, 11) is 1.81. The van der Waals surface area contributed by atoms with E-state index < -0.39 is 0 Å². The lowest BCUT2D eigenvalue weighted by Crippen LogP contribution is -2.53. The number of para-hydroxylation sites is 1. The van der Waals surface area contributed by atoms with Crippen LogP contribution in [0.5, 0.6) is 0 Å². The molecule has 0 radical (unpaired) electrons. The predicted octanol–water partition coefficient (Wildman–Crippen LogP) is 2.16. The molecule has 8 nitrogen and oxygen atoms in total. The van der Waals surface area contributed by atoms with Gasteiger partial charge in [0, 0.05) is 70.8 Å². The van der Waals surface area contributed by atoms with Gasteiger partial charge in [0.2, 0.25) is 11.9 Å². The van der Waals surface area contributed by atoms with E-state index in [0.717, 1.165) is 69.7 Å². The van der Waals surface area contributed by atoms with Crippen LogP contribution in [-0.2, 0) is 11.2 Å². The number of fused-ring (bicyclic) bond motifs is 1. The molecule has 2 aliphatic rings. The third-order valence-electron chi connectivity index (χ3n) is 5.66. The molecule has 1 aromatic carbocycles. The summed E-state index contributed by atoms with van der Waals surface area (Å²) in [6, 6.07) is 10.0. The Labute approximate surface area is 200 Å². The van der Waals surface area contributed by atoms with Crippen LogP contribution in [0.2, 0.25) is 0 Å². The van der Waals surface area contributed by atoms with E-state index in [0.29, 0.717) is 6.42 Å². The van der Waals surface area contributed by atoms with Gasteiger partial charge in [0.25, 0.3) is 0 Å². The van der Waals surface area contributed by atoms with Crippen LogP contribution in [-0.4, -0.2) is 73.1 Å². The SMILES string of the molecule is CN=C(NCCCC(=O)N1CCc2ccccc21)N1CCN(c2ncccn2)CC1.I. The number of hydrogen-bond acceptors (Lipinski definition) is 5. The normalized spacial score (nSPS) is 16.0. The minimum atomic E-state index is 0. The van der Waals surface area contributed by atoms with Crippen molar-refractivity contribution in [3.8, 4) is 0 Å². The highest BCUT2D eigenvalue weighted by Gasteiger charge is 2.24. The van der Waals surface area contributed by atoms with E-state index in [9.17, 15) is 4.79 Å². The van der Waals surface area contributed by atoms with Crippen molar-refractivity contribution >= 4 is 47.5 Å². The van der Waals surface area contributed by atoms with Crippen molar-refractivity contribution in [2.75, 3.05) is 56.1 Å². The number of anilines is 2. The predicted molar refractivity (Wildman–Crippen MR) is 134 cm³/mol. The maximum absolute atomic E-state index is 12.6. The number of aromatic nitrogens is 2. The van der Waals surface area contributed by atoms with Crippen LogP contribution in [0.15, 0.2) is 47.7 Å². The molecular formula is C22H30IN7O. The average Bonchev–Trinajstić information content (AvgIpc) is 3.24. The number of halogens is 1. The molecule has 1 fully saturated rings. The van der Waals surface area contributed by atoms with Gasteiger partial charge in [-0.2, -0.15) is 0 Å². The Balaban J connectivity index is 0.00000272. The first-order valence-electron chi connectivity index (χ1n) is 10.6. The first-order valence-corrected chi connectivity index (χ1v) is 10.6. The Morgan fingerprint density at radius 3 is 2.55 bits per heavy atom. The van der Waals surface area contributed by atoms with Crippen molar-refractivity contribution in [1.82, 2.24) is 20.2 Å². The summed E-state index contributed by atoms with van der Waals surface area (Å²) in [6.45, 7) is 4.97. The zero-order chi connectivity index (χ0) is 20.8. The fourth-order valence-electron chi connectivity index (χ4n) is 4.08. The van der Waals surface area contributed by atoms with Crippen molar-refractivity contribution < 1.29 is 4.79 Å². The monoisotopic (exact) mass is 535 g/mol. The van der Waals surface area contributed by atoms with Crippen LogP contribution in [0.1, 0.15) is 18.4 Å². The number of hydrogen-bond donors (Lipinski definition) is 1. The zero-order valence-corrected chi connectivity index (χ0v) is 20.2. The Morgan fingerprint density at radius 1 is 1.06 bits per heavy atom. The van der Waals surface area contributed by atoms with Crippen LogP contribution in [0, 0.1) is 0 Å². The second-order valence-electron chi connectivity index (χ2n) is 7.52. The maximum atomic E-state index is 12.6. The van der Waals surface area contributed by atoms with Crippen molar-refractivity contribution in [1.29, 1.82) is 0 Å². The Kier molecular flexibility index (Phi) is 8.44. The molecule has 0 bridgehead atoms. The van der Waals surface area contributed by atoms with E-state index in [1.165, 1.54) is 5.56 Å². The van der Waals surface area contributed by atoms with E-state index in [1.807, 2.05) is 29.2 Å². The summed E-state index contributed by atoms with van der Waals surface area (Å²) >= 11 is 0. The van der Waals surface area contributed by atoms with Crippen molar-refractivity contribution in [3.63, 3.8) is 0 Å². The topological polar surface area (TPSA) is 77.0 Å². The van der Waals surface area contributed by atoms with Crippen LogP contribution < -0.4 is 15.1 Å². The first-order chi connectivity index (χ1) is 14.8. The molecule has 0 atom stereocenters. The second-order valence-corrected chi connectivity index (χ2v) is 7.52. The van der Waals surface area contributed by atoms with Gasteiger partial charge in [0.15, 0.2) is 5.96 Å². The van der Waals surface area contributed by atoms with Gasteiger partial charge in [-0.15, -0.1) is 24.0 Å². The Hall–Kier alpha value is -2.43. The number of aliphatic imine (C=N–C) groups is 1. The molecule has 3 heterocycles. The molecule has 0 saturated carbocycles. The molecule has 2 aromatic rings. The van der Waals surface area contributed by atoms with E-state index >= 15 is 0 Å². The van der Waals surface area contributed by atoms with E-state index in [4.69, 9.17) is 0 Å². The molecule has 31 heavy (non-hydrogen) atoms. The molecule has 166 valence electrons. The number of carbonyl (C=O) groups is 1. The van der Waals surface area contributed by atoms with Crippen LogP contribution in [0.4, 0.5) is 11.6 Å². The van der Waals surface area contributed by atoms with Gasteiger partial charge >= 0.3 is 0 Å². The average molecular weight is 535 g/mol. The fraction of sp³-hybridized carbons (Fsp3) is 0.455. The number of guanidine groups is 1. The molecule has 0 unspecified atom stereocenters. The number of nitrogens with one attached hydrogen (secondary N) is 1. The van der Waals surface area contributed by atoms with E-state index in [1.54, 1.807) is 19.4 Å². The molecule has 1 N–H and O–H groups in total. The van der Waals surface area contributed by atoms with Gasteiger partial charge in [0.1, 0.15) is 0 Å². The molecular weight excluding hydrogens is 505 g/mol.